The van der Waals surface area contributed by atoms with E-state index >= 15 is 0 Å². The Morgan fingerprint density at radius 1 is 0.929 bits per heavy atom. The van der Waals surface area contributed by atoms with Crippen molar-refractivity contribution >= 4 is 5.97 Å². The molecule has 2 aliphatic rings. The fourth-order valence-electron chi connectivity index (χ4n) is 5.50. The van der Waals surface area contributed by atoms with Crippen LogP contribution in [0.1, 0.15) is 88.0 Å². The molecule has 1 aliphatic carbocycles. The minimum atomic E-state index is -1.57. The number of esters is 1. The molecule has 1 saturated heterocycles. The Kier molecular flexibility index (Phi) is 6.66. The summed E-state index contributed by atoms with van der Waals surface area (Å²) in [7, 11) is 2.14. The van der Waals surface area contributed by atoms with Gasteiger partial charge in [-0.3, -0.25) is 0 Å². The fourth-order valence-corrected chi connectivity index (χ4v) is 7.75. The van der Waals surface area contributed by atoms with E-state index in [1.54, 1.807) is 0 Å². The van der Waals surface area contributed by atoms with Crippen molar-refractivity contribution in [2.24, 2.45) is 16.7 Å². The van der Waals surface area contributed by atoms with Crippen molar-refractivity contribution in [2.45, 2.75) is 115 Å². The van der Waals surface area contributed by atoms with Crippen LogP contribution in [0, 0.1) is 16.7 Å². The van der Waals surface area contributed by atoms with Gasteiger partial charge in [0.05, 0.1) is 0 Å². The third-order valence-electron chi connectivity index (χ3n) is 7.91. The first-order valence-corrected chi connectivity index (χ1v) is 12.4. The Labute approximate surface area is 177 Å². The number of ether oxygens (including phenoxy) is 1. The van der Waals surface area contributed by atoms with Crippen molar-refractivity contribution in [1.29, 1.82) is 0 Å². The molecule has 0 spiro atoms. The zero-order chi connectivity index (χ0) is 21.7. The monoisotopic (exact) mass is 440 g/mol. The van der Waals surface area contributed by atoms with Gasteiger partial charge in [-0.25, -0.2) is 0 Å². The van der Waals surface area contributed by atoms with E-state index in [2.05, 4.69) is 74.3 Å². The van der Waals surface area contributed by atoms with Gasteiger partial charge in [-0.1, -0.05) is 0 Å². The summed E-state index contributed by atoms with van der Waals surface area (Å²) in [6.45, 7) is 20.2. The summed E-state index contributed by atoms with van der Waals surface area (Å²) in [6, 6.07) is 0. The van der Waals surface area contributed by atoms with Crippen LogP contribution in [0.2, 0.25) is 10.2 Å². The first-order chi connectivity index (χ1) is 12.5. The van der Waals surface area contributed by atoms with E-state index in [0.29, 0.717) is 5.92 Å². The summed E-state index contributed by atoms with van der Waals surface area (Å²) >= 11 is -1.57. The molecule has 0 aromatic carbocycles. The number of rotatable bonds is 4. The second kappa shape index (κ2) is 7.77. The molecule has 4 nitrogen and oxygen atoms in total. The summed E-state index contributed by atoms with van der Waals surface area (Å²) in [4.78, 5) is 15.1. The van der Waals surface area contributed by atoms with Crippen LogP contribution < -0.4 is 0 Å². The van der Waals surface area contributed by atoms with Crippen LogP contribution in [0.15, 0.2) is 0 Å². The van der Waals surface area contributed by atoms with E-state index in [1.165, 1.54) is 0 Å². The van der Waals surface area contributed by atoms with E-state index in [-0.39, 0.29) is 44.2 Å². The number of hydrogen-bond acceptors (Lipinski definition) is 4. The second-order valence-electron chi connectivity index (χ2n) is 11.8. The van der Waals surface area contributed by atoms with Gasteiger partial charge < -0.3 is 0 Å². The van der Waals surface area contributed by atoms with Gasteiger partial charge in [-0.05, 0) is 0 Å². The number of carbonyl (C=O) groups is 1. The van der Waals surface area contributed by atoms with Gasteiger partial charge in [0.1, 0.15) is 0 Å². The average Bonchev–Trinajstić information content (AvgIpc) is 2.48. The molecule has 0 atom stereocenters. The molecular weight excluding hydrogens is 397 g/mol. The Morgan fingerprint density at radius 2 is 1.36 bits per heavy atom. The van der Waals surface area contributed by atoms with Crippen LogP contribution in [-0.4, -0.2) is 35.1 Å². The Bertz CT molecular complexity index is 587. The van der Waals surface area contributed by atoms with Crippen molar-refractivity contribution in [2.75, 3.05) is 7.05 Å². The van der Waals surface area contributed by atoms with Gasteiger partial charge in [-0.15, -0.1) is 0 Å². The molecule has 5 heteroatoms. The summed E-state index contributed by atoms with van der Waals surface area (Å²) in [5.74, 6) is 0.283. The second-order valence-corrected chi connectivity index (χ2v) is 14.0. The van der Waals surface area contributed by atoms with Crippen molar-refractivity contribution in [3.05, 3.63) is 0 Å². The fraction of sp³-hybridized carbons (Fsp3) is 0.957. The van der Waals surface area contributed by atoms with Crippen LogP contribution in [0.4, 0.5) is 0 Å². The molecule has 0 bridgehead atoms. The van der Waals surface area contributed by atoms with E-state index in [9.17, 15) is 8.66 Å². The molecule has 167 valence electrons. The molecule has 1 heterocycles. The predicted octanol–water partition coefficient (Wildman–Crippen LogP) is 5.83. The molecule has 0 radical (unpaired) electrons. The van der Waals surface area contributed by atoms with Crippen LogP contribution in [0.5, 0.6) is 0 Å². The normalized spacial score (nSPS) is 32.6. The Hall–Kier alpha value is -0.264. The van der Waals surface area contributed by atoms with Crippen molar-refractivity contribution < 1.29 is 27.0 Å². The first kappa shape index (κ1) is 24.0. The average molecular weight is 441 g/mol. The first-order valence-electron chi connectivity index (χ1n) is 10.7. The van der Waals surface area contributed by atoms with Gasteiger partial charge in [-0.2, -0.15) is 0 Å². The maximum absolute atomic E-state index is 13.1. The molecule has 28 heavy (non-hydrogen) atoms. The zero-order valence-corrected chi connectivity index (χ0v) is 20.8. The third kappa shape index (κ3) is 5.07. The molecule has 0 aromatic rings. The van der Waals surface area contributed by atoms with Crippen LogP contribution in [0.25, 0.3) is 0 Å². The number of carbonyl (C=O) groups excluding carboxylic acids is 1. The summed E-state index contributed by atoms with van der Waals surface area (Å²) < 4.78 is 18.9. The van der Waals surface area contributed by atoms with Gasteiger partial charge in [0.2, 0.25) is 0 Å². The van der Waals surface area contributed by atoms with Crippen molar-refractivity contribution in [1.82, 2.24) is 4.90 Å². The van der Waals surface area contributed by atoms with Gasteiger partial charge >= 0.3 is 177 Å². The van der Waals surface area contributed by atoms with E-state index in [0.717, 1.165) is 25.7 Å². The molecule has 1 aliphatic heterocycles. The predicted molar refractivity (Wildman–Crippen MR) is 110 cm³/mol. The third-order valence-corrected chi connectivity index (χ3v) is 9.94. The summed E-state index contributed by atoms with van der Waals surface area (Å²) in [6.07, 6.45) is 3.38. The molecule has 0 aromatic heterocycles. The standard InChI is InChI=1S/C12H22NO2.C11H21.Co.O/c1-9(14)15-10-7-11(2,3)13(6)12(4,5)8-10;1-9-10(2,3)7-6-8-11(9,4)5;;/h10H,1,7-8H2,2-6H3;6,9H,7-8H2,1-5H3;;. The molecule has 0 unspecified atom stereocenters. The van der Waals surface area contributed by atoms with Crippen LogP contribution >= 0.6 is 0 Å². The maximum atomic E-state index is 13.1. The number of hydrogen-bond donors (Lipinski definition) is 0. The molecule has 0 amide bonds. The molecule has 2 fully saturated rings. The Balaban J connectivity index is 1.99. The number of nitrogens with zero attached hydrogens (tertiary/aromatic N) is 1. The van der Waals surface area contributed by atoms with Crippen molar-refractivity contribution in [3.63, 3.8) is 0 Å². The zero-order valence-electron chi connectivity index (χ0n) is 19.8. The minimum absolute atomic E-state index is 0.0255. The van der Waals surface area contributed by atoms with Gasteiger partial charge in [0.25, 0.3) is 0 Å². The van der Waals surface area contributed by atoms with E-state index in [1.807, 2.05) is 0 Å². The van der Waals surface area contributed by atoms with Gasteiger partial charge in [0, 0.05) is 0 Å². The van der Waals surface area contributed by atoms with Crippen LogP contribution in [0.3, 0.4) is 0 Å². The number of likely N-dealkylation sites (tertiary alicyclic amines) is 1. The topological polar surface area (TPSA) is 46.6 Å². The number of piperidine rings is 1. The molecule has 0 N–H and O–H groups in total. The molecule has 2 rings (SSSR count). The molecule has 1 saturated carbocycles. The van der Waals surface area contributed by atoms with Crippen molar-refractivity contribution in [3.8, 4) is 0 Å². The van der Waals surface area contributed by atoms with E-state index in [4.69, 9.17) is 4.74 Å². The summed E-state index contributed by atoms with van der Waals surface area (Å²) in [5, 5.41) is 0.0609. The molecular formula is C23H43CoNO3. The van der Waals surface area contributed by atoms with Gasteiger partial charge in [0.15, 0.2) is 0 Å². The SMILES string of the molecule is CC1C(C)(C)C[CH]([Co](=[O])[CH2]C(=O)OC2CC(C)(C)N(C)C(C)(C)C2)CC1(C)C. The van der Waals surface area contributed by atoms with E-state index < -0.39 is 13.6 Å². The quantitative estimate of drug-likeness (QED) is 0.516. The Morgan fingerprint density at radius 3 is 1.79 bits per heavy atom. The summed E-state index contributed by atoms with van der Waals surface area (Å²) in [5.41, 5.74) is 0.232. The van der Waals surface area contributed by atoms with Crippen LogP contribution in [-0.2, 0) is 27.0 Å².